The van der Waals surface area contributed by atoms with Crippen molar-refractivity contribution in [1.82, 2.24) is 5.32 Å². The number of rotatable bonds is 8. The van der Waals surface area contributed by atoms with Crippen molar-refractivity contribution in [2.24, 2.45) is 0 Å². The van der Waals surface area contributed by atoms with Crippen molar-refractivity contribution in [2.45, 2.75) is 32.3 Å². The van der Waals surface area contributed by atoms with Crippen molar-refractivity contribution in [3.8, 4) is 0 Å². The molecule has 72 valence electrons. The van der Waals surface area contributed by atoms with Gasteiger partial charge in [-0.15, -0.1) is 6.58 Å². The first kappa shape index (κ1) is 11.7. The second-order valence-corrected chi connectivity index (χ2v) is 2.92. The smallest absolute Gasteiger partial charge is 0.0699 e. The van der Waals surface area contributed by atoms with E-state index in [0.717, 1.165) is 26.0 Å². The highest BCUT2D eigenvalue weighted by Crippen LogP contribution is 2.01. The molecule has 0 aliphatic rings. The van der Waals surface area contributed by atoms with Gasteiger partial charge in [0, 0.05) is 6.54 Å². The lowest BCUT2D eigenvalue weighted by molar-refractivity contribution is 0.0514. The predicted molar refractivity (Wildman–Crippen MR) is 53.4 cm³/mol. The van der Waals surface area contributed by atoms with Gasteiger partial charge < -0.3 is 10.1 Å². The molecular weight excluding hydrogens is 150 g/mol. The lowest BCUT2D eigenvalue weighted by atomic mass is 10.2. The second-order valence-electron chi connectivity index (χ2n) is 2.92. The van der Waals surface area contributed by atoms with Gasteiger partial charge in [-0.1, -0.05) is 19.4 Å². The van der Waals surface area contributed by atoms with Crippen LogP contribution in [0, 0.1) is 0 Å². The Hall–Kier alpha value is -0.340. The van der Waals surface area contributed by atoms with Crippen LogP contribution in [0.1, 0.15) is 26.2 Å². The first-order valence-electron chi connectivity index (χ1n) is 4.72. The zero-order chi connectivity index (χ0) is 9.23. The van der Waals surface area contributed by atoms with Gasteiger partial charge in [0.25, 0.3) is 0 Å². The lowest BCUT2D eigenvalue weighted by Crippen LogP contribution is -2.26. The molecule has 0 aliphatic heterocycles. The maximum atomic E-state index is 5.63. The molecule has 0 saturated carbocycles. The molecule has 0 radical (unpaired) electrons. The van der Waals surface area contributed by atoms with E-state index in [2.05, 4.69) is 18.8 Å². The van der Waals surface area contributed by atoms with E-state index in [1.165, 1.54) is 6.42 Å². The van der Waals surface area contributed by atoms with Crippen LogP contribution in [-0.4, -0.2) is 26.3 Å². The molecule has 0 spiro atoms. The van der Waals surface area contributed by atoms with Crippen molar-refractivity contribution in [3.05, 3.63) is 12.7 Å². The summed E-state index contributed by atoms with van der Waals surface area (Å²) in [6, 6.07) is 0. The van der Waals surface area contributed by atoms with E-state index >= 15 is 0 Å². The topological polar surface area (TPSA) is 21.3 Å². The minimum absolute atomic E-state index is 0.375. The number of hydrogen-bond donors (Lipinski definition) is 1. The van der Waals surface area contributed by atoms with E-state index in [1.54, 1.807) is 0 Å². The molecule has 12 heavy (non-hydrogen) atoms. The highest BCUT2D eigenvalue weighted by molar-refractivity contribution is 4.66. The van der Waals surface area contributed by atoms with Crippen LogP contribution >= 0.6 is 0 Å². The zero-order valence-corrected chi connectivity index (χ0v) is 8.31. The summed E-state index contributed by atoms with van der Waals surface area (Å²) in [5, 5.41) is 3.13. The Kier molecular flexibility index (Phi) is 8.51. The summed E-state index contributed by atoms with van der Waals surface area (Å²) in [6.07, 6.45) is 5.53. The molecule has 0 saturated heterocycles. The second kappa shape index (κ2) is 8.75. The van der Waals surface area contributed by atoms with Crippen molar-refractivity contribution >= 4 is 0 Å². The molecule has 2 nitrogen and oxygen atoms in total. The van der Waals surface area contributed by atoms with Gasteiger partial charge in [0.15, 0.2) is 0 Å². The molecule has 1 unspecified atom stereocenters. The minimum atomic E-state index is 0.375. The van der Waals surface area contributed by atoms with Crippen LogP contribution in [0.5, 0.6) is 0 Å². The summed E-state index contributed by atoms with van der Waals surface area (Å²) in [5.74, 6) is 0. The first-order valence-corrected chi connectivity index (χ1v) is 4.72. The number of likely N-dealkylation sites (N-methyl/N-ethyl adjacent to an activating group) is 1. The summed E-state index contributed by atoms with van der Waals surface area (Å²) in [6.45, 7) is 7.58. The van der Waals surface area contributed by atoms with Gasteiger partial charge >= 0.3 is 0 Å². The van der Waals surface area contributed by atoms with Crippen molar-refractivity contribution in [2.75, 3.05) is 20.2 Å². The quantitative estimate of drug-likeness (QED) is 0.445. The molecule has 0 aromatic heterocycles. The van der Waals surface area contributed by atoms with Gasteiger partial charge in [-0.25, -0.2) is 0 Å². The van der Waals surface area contributed by atoms with Crippen LogP contribution in [0.2, 0.25) is 0 Å². The predicted octanol–water partition coefficient (Wildman–Crippen LogP) is 1.97. The molecule has 1 atom stereocenters. The van der Waals surface area contributed by atoms with E-state index in [1.807, 2.05) is 13.1 Å². The Morgan fingerprint density at radius 3 is 2.83 bits per heavy atom. The zero-order valence-electron chi connectivity index (χ0n) is 8.31. The fourth-order valence-electron chi connectivity index (χ4n) is 1.11. The Labute approximate surface area is 76.0 Å². The molecule has 2 heteroatoms. The average molecular weight is 171 g/mol. The average Bonchev–Trinajstić information content (AvgIpc) is 2.06. The molecule has 0 aliphatic carbocycles. The largest absolute Gasteiger partial charge is 0.377 e. The molecule has 0 aromatic rings. The summed E-state index contributed by atoms with van der Waals surface area (Å²) < 4.78 is 5.63. The van der Waals surface area contributed by atoms with Crippen LogP contribution < -0.4 is 5.32 Å². The molecule has 1 N–H and O–H groups in total. The lowest BCUT2D eigenvalue weighted by Gasteiger charge is -2.15. The third kappa shape index (κ3) is 6.38. The number of nitrogens with one attached hydrogen (secondary N) is 1. The van der Waals surface area contributed by atoms with E-state index in [0.29, 0.717) is 6.10 Å². The van der Waals surface area contributed by atoms with Crippen molar-refractivity contribution in [3.63, 3.8) is 0 Å². The molecule has 0 heterocycles. The first-order chi connectivity index (χ1) is 5.85. The maximum absolute atomic E-state index is 5.63. The van der Waals surface area contributed by atoms with Crippen LogP contribution in [0.15, 0.2) is 12.7 Å². The SMILES string of the molecule is C=CCCOC(CCC)CNC. The molecule has 0 bridgehead atoms. The maximum Gasteiger partial charge on any atom is 0.0699 e. The third-order valence-electron chi connectivity index (χ3n) is 1.72. The summed E-state index contributed by atoms with van der Waals surface area (Å²) in [7, 11) is 1.96. The summed E-state index contributed by atoms with van der Waals surface area (Å²) in [4.78, 5) is 0. The standard InChI is InChI=1S/C10H21NO/c1-4-6-8-12-10(7-5-2)9-11-3/h4,10-11H,1,5-9H2,2-3H3. The summed E-state index contributed by atoms with van der Waals surface area (Å²) in [5.41, 5.74) is 0. The molecule has 0 fully saturated rings. The van der Waals surface area contributed by atoms with Gasteiger partial charge in [-0.2, -0.15) is 0 Å². The van der Waals surface area contributed by atoms with Crippen molar-refractivity contribution < 1.29 is 4.74 Å². The van der Waals surface area contributed by atoms with Gasteiger partial charge in [0.2, 0.25) is 0 Å². The van der Waals surface area contributed by atoms with Crippen LogP contribution in [0.25, 0.3) is 0 Å². The van der Waals surface area contributed by atoms with Gasteiger partial charge in [0.1, 0.15) is 0 Å². The number of ether oxygens (including phenoxy) is 1. The monoisotopic (exact) mass is 171 g/mol. The minimum Gasteiger partial charge on any atom is -0.377 e. The molecule has 0 rings (SSSR count). The Balaban J connectivity index is 3.40. The van der Waals surface area contributed by atoms with Crippen LogP contribution in [0.3, 0.4) is 0 Å². The summed E-state index contributed by atoms with van der Waals surface area (Å²) >= 11 is 0. The molecule has 0 amide bonds. The van der Waals surface area contributed by atoms with Gasteiger partial charge in [0.05, 0.1) is 12.7 Å². The fourth-order valence-corrected chi connectivity index (χ4v) is 1.11. The molecule has 0 aromatic carbocycles. The normalized spacial score (nSPS) is 12.8. The molecular formula is C10H21NO. The van der Waals surface area contributed by atoms with Gasteiger partial charge in [-0.3, -0.25) is 0 Å². The van der Waals surface area contributed by atoms with E-state index in [-0.39, 0.29) is 0 Å². The highest BCUT2D eigenvalue weighted by atomic mass is 16.5. The van der Waals surface area contributed by atoms with E-state index in [9.17, 15) is 0 Å². The van der Waals surface area contributed by atoms with Crippen LogP contribution in [0.4, 0.5) is 0 Å². The highest BCUT2D eigenvalue weighted by Gasteiger charge is 2.04. The van der Waals surface area contributed by atoms with E-state index < -0.39 is 0 Å². The fraction of sp³-hybridized carbons (Fsp3) is 0.800. The third-order valence-corrected chi connectivity index (χ3v) is 1.72. The Morgan fingerprint density at radius 1 is 1.58 bits per heavy atom. The van der Waals surface area contributed by atoms with Crippen LogP contribution in [-0.2, 0) is 4.74 Å². The Morgan fingerprint density at radius 2 is 2.33 bits per heavy atom. The van der Waals surface area contributed by atoms with Gasteiger partial charge in [-0.05, 0) is 19.9 Å². The Bertz CT molecular complexity index is 98.0. The number of hydrogen-bond acceptors (Lipinski definition) is 2. The van der Waals surface area contributed by atoms with E-state index in [4.69, 9.17) is 4.74 Å². The van der Waals surface area contributed by atoms with Crippen molar-refractivity contribution in [1.29, 1.82) is 0 Å².